The smallest absolute Gasteiger partial charge is 0.133 e. The van der Waals surface area contributed by atoms with E-state index in [2.05, 4.69) is 0 Å². The second-order valence-corrected chi connectivity index (χ2v) is 3.77. The number of benzene rings is 2. The summed E-state index contributed by atoms with van der Waals surface area (Å²) in [6, 6.07) is 8.10. The van der Waals surface area contributed by atoms with Gasteiger partial charge in [-0.2, -0.15) is 0 Å². The van der Waals surface area contributed by atoms with Crippen LogP contribution in [0.1, 0.15) is 0 Å². The van der Waals surface area contributed by atoms with E-state index in [-0.39, 0.29) is 5.02 Å². The second-order valence-electron chi connectivity index (χ2n) is 3.36. The standard InChI is InChI=1S/C12H8ClF2N/c13-11-5-7(14)1-3-9(11)10-4-2-8(16)6-12(10)15/h1-6H,16H2. The van der Waals surface area contributed by atoms with Crippen LogP contribution in [0, 0.1) is 11.6 Å². The van der Waals surface area contributed by atoms with Gasteiger partial charge in [0, 0.05) is 16.8 Å². The molecule has 0 aliphatic heterocycles. The van der Waals surface area contributed by atoms with E-state index in [1.807, 2.05) is 0 Å². The summed E-state index contributed by atoms with van der Waals surface area (Å²) >= 11 is 5.84. The summed E-state index contributed by atoms with van der Waals surface area (Å²) in [6.45, 7) is 0. The zero-order valence-electron chi connectivity index (χ0n) is 8.18. The van der Waals surface area contributed by atoms with Gasteiger partial charge in [-0.3, -0.25) is 0 Å². The summed E-state index contributed by atoms with van der Waals surface area (Å²) in [5.74, 6) is -0.932. The Labute approximate surface area is 96.5 Å². The summed E-state index contributed by atoms with van der Waals surface area (Å²) in [5, 5.41) is 0.170. The summed E-state index contributed by atoms with van der Waals surface area (Å²) in [5.41, 5.74) is 6.52. The van der Waals surface area contributed by atoms with Gasteiger partial charge in [0.15, 0.2) is 0 Å². The normalized spacial score (nSPS) is 10.4. The fraction of sp³-hybridized carbons (Fsp3) is 0. The Balaban J connectivity index is 2.59. The number of hydrogen-bond acceptors (Lipinski definition) is 1. The van der Waals surface area contributed by atoms with Crippen molar-refractivity contribution in [3.05, 3.63) is 53.1 Å². The van der Waals surface area contributed by atoms with Crippen LogP contribution >= 0.6 is 11.6 Å². The zero-order chi connectivity index (χ0) is 11.7. The molecule has 0 amide bonds. The fourth-order valence-electron chi connectivity index (χ4n) is 1.46. The van der Waals surface area contributed by atoms with Gasteiger partial charge in [0.1, 0.15) is 11.6 Å². The molecule has 0 unspecified atom stereocenters. The minimum absolute atomic E-state index is 0.170. The molecule has 82 valence electrons. The Morgan fingerprint density at radius 1 is 0.938 bits per heavy atom. The molecule has 1 nitrogen and oxygen atoms in total. The molecule has 0 fully saturated rings. The number of anilines is 1. The molecule has 0 saturated heterocycles. The van der Waals surface area contributed by atoms with Crippen molar-refractivity contribution in [3.8, 4) is 11.1 Å². The van der Waals surface area contributed by atoms with E-state index in [0.29, 0.717) is 16.8 Å². The highest BCUT2D eigenvalue weighted by molar-refractivity contribution is 6.33. The SMILES string of the molecule is Nc1ccc(-c2ccc(F)cc2Cl)c(F)c1. The molecule has 2 N–H and O–H groups in total. The largest absolute Gasteiger partial charge is 0.399 e. The van der Waals surface area contributed by atoms with Crippen molar-refractivity contribution < 1.29 is 8.78 Å². The first kappa shape index (κ1) is 10.9. The van der Waals surface area contributed by atoms with Crippen molar-refractivity contribution in [3.63, 3.8) is 0 Å². The molecule has 0 radical (unpaired) electrons. The molecule has 0 atom stereocenters. The van der Waals surface area contributed by atoms with E-state index in [9.17, 15) is 8.78 Å². The highest BCUT2D eigenvalue weighted by atomic mass is 35.5. The van der Waals surface area contributed by atoms with Crippen LogP contribution in [-0.2, 0) is 0 Å². The third-order valence-corrected chi connectivity index (χ3v) is 2.53. The molecular formula is C12H8ClF2N. The molecule has 0 saturated carbocycles. The van der Waals surface area contributed by atoms with Gasteiger partial charge < -0.3 is 5.73 Å². The van der Waals surface area contributed by atoms with Gasteiger partial charge in [0.2, 0.25) is 0 Å². The van der Waals surface area contributed by atoms with Gasteiger partial charge in [-0.15, -0.1) is 0 Å². The van der Waals surface area contributed by atoms with Gasteiger partial charge in [-0.05, 0) is 36.4 Å². The van der Waals surface area contributed by atoms with Gasteiger partial charge >= 0.3 is 0 Å². The Morgan fingerprint density at radius 3 is 2.25 bits per heavy atom. The Morgan fingerprint density at radius 2 is 1.62 bits per heavy atom. The van der Waals surface area contributed by atoms with E-state index >= 15 is 0 Å². The maximum Gasteiger partial charge on any atom is 0.133 e. The van der Waals surface area contributed by atoms with Crippen LogP contribution in [0.4, 0.5) is 14.5 Å². The molecule has 0 aliphatic carbocycles. The van der Waals surface area contributed by atoms with Crippen LogP contribution in [0.2, 0.25) is 5.02 Å². The molecule has 0 heterocycles. The van der Waals surface area contributed by atoms with E-state index in [4.69, 9.17) is 17.3 Å². The minimum Gasteiger partial charge on any atom is -0.399 e. The van der Waals surface area contributed by atoms with Crippen LogP contribution < -0.4 is 5.73 Å². The average Bonchev–Trinajstić information content (AvgIpc) is 2.19. The molecule has 0 bridgehead atoms. The van der Waals surface area contributed by atoms with Gasteiger partial charge in [0.25, 0.3) is 0 Å². The first-order valence-electron chi connectivity index (χ1n) is 4.58. The lowest BCUT2D eigenvalue weighted by atomic mass is 10.0. The van der Waals surface area contributed by atoms with Crippen molar-refractivity contribution >= 4 is 17.3 Å². The summed E-state index contributed by atoms with van der Waals surface area (Å²) in [6.07, 6.45) is 0. The minimum atomic E-state index is -0.478. The fourth-order valence-corrected chi connectivity index (χ4v) is 1.73. The Bertz CT molecular complexity index is 491. The number of hydrogen-bond donors (Lipinski definition) is 1. The first-order valence-corrected chi connectivity index (χ1v) is 4.96. The van der Waals surface area contributed by atoms with Crippen LogP contribution in [-0.4, -0.2) is 0 Å². The molecule has 2 aromatic rings. The third kappa shape index (κ3) is 1.99. The van der Waals surface area contributed by atoms with Crippen molar-refractivity contribution in [2.24, 2.45) is 0 Å². The predicted molar refractivity (Wildman–Crippen MR) is 61.2 cm³/mol. The zero-order valence-corrected chi connectivity index (χ0v) is 8.93. The molecule has 0 aliphatic rings. The molecule has 0 aromatic heterocycles. The number of nitrogen functional groups attached to an aromatic ring is 1. The molecule has 2 rings (SSSR count). The molecular weight excluding hydrogens is 232 g/mol. The number of rotatable bonds is 1. The van der Waals surface area contributed by atoms with Crippen LogP contribution in [0.25, 0.3) is 11.1 Å². The molecule has 16 heavy (non-hydrogen) atoms. The Kier molecular flexibility index (Phi) is 2.79. The molecule has 0 spiro atoms. The quantitative estimate of drug-likeness (QED) is 0.751. The van der Waals surface area contributed by atoms with Crippen molar-refractivity contribution in [2.75, 3.05) is 5.73 Å². The van der Waals surface area contributed by atoms with E-state index in [0.717, 1.165) is 6.07 Å². The molecule has 2 aromatic carbocycles. The van der Waals surface area contributed by atoms with Gasteiger partial charge in [-0.25, -0.2) is 8.78 Å². The highest BCUT2D eigenvalue weighted by Gasteiger charge is 2.09. The highest BCUT2D eigenvalue weighted by Crippen LogP contribution is 2.31. The average molecular weight is 240 g/mol. The van der Waals surface area contributed by atoms with E-state index in [1.165, 1.54) is 24.3 Å². The maximum atomic E-state index is 13.6. The van der Waals surface area contributed by atoms with Crippen LogP contribution in [0.3, 0.4) is 0 Å². The number of halogens is 3. The van der Waals surface area contributed by atoms with E-state index < -0.39 is 11.6 Å². The lowest BCUT2D eigenvalue weighted by Gasteiger charge is -2.06. The van der Waals surface area contributed by atoms with Crippen LogP contribution in [0.5, 0.6) is 0 Å². The van der Waals surface area contributed by atoms with E-state index in [1.54, 1.807) is 6.07 Å². The number of nitrogens with two attached hydrogens (primary N) is 1. The lowest BCUT2D eigenvalue weighted by molar-refractivity contribution is 0.626. The van der Waals surface area contributed by atoms with Gasteiger partial charge in [0.05, 0.1) is 5.02 Å². The summed E-state index contributed by atoms with van der Waals surface area (Å²) in [7, 11) is 0. The maximum absolute atomic E-state index is 13.6. The third-order valence-electron chi connectivity index (χ3n) is 2.21. The predicted octanol–water partition coefficient (Wildman–Crippen LogP) is 3.87. The first-order chi connectivity index (χ1) is 7.58. The van der Waals surface area contributed by atoms with Crippen LogP contribution in [0.15, 0.2) is 36.4 Å². The monoisotopic (exact) mass is 239 g/mol. The molecule has 4 heteroatoms. The van der Waals surface area contributed by atoms with Crippen molar-refractivity contribution in [1.29, 1.82) is 0 Å². The van der Waals surface area contributed by atoms with Gasteiger partial charge in [-0.1, -0.05) is 11.6 Å². The lowest BCUT2D eigenvalue weighted by Crippen LogP contribution is -1.90. The summed E-state index contributed by atoms with van der Waals surface area (Å²) < 4.78 is 26.4. The Hall–Kier alpha value is -1.61. The van der Waals surface area contributed by atoms with Crippen molar-refractivity contribution in [2.45, 2.75) is 0 Å². The summed E-state index contributed by atoms with van der Waals surface area (Å²) in [4.78, 5) is 0. The van der Waals surface area contributed by atoms with Crippen molar-refractivity contribution in [1.82, 2.24) is 0 Å². The topological polar surface area (TPSA) is 26.0 Å². The second kappa shape index (κ2) is 4.10.